The maximum Gasteiger partial charge on any atom is 0.232 e. The molecule has 14 heavy (non-hydrogen) atoms. The fraction of sp³-hybridized carbons (Fsp3) is 0.455. The third kappa shape index (κ3) is 1.77. The van der Waals surface area contributed by atoms with Crippen LogP contribution in [-0.4, -0.2) is 12.8 Å². The Hall–Kier alpha value is -0.590. The fourth-order valence-electron chi connectivity index (χ4n) is 1.75. The molecule has 1 aliphatic rings. The molecule has 1 unspecified atom stereocenters. The van der Waals surface area contributed by atoms with E-state index in [4.69, 9.17) is 4.52 Å². The molecular weight excluding hydrogens is 195 g/mol. The van der Waals surface area contributed by atoms with E-state index in [-0.39, 0.29) is 5.41 Å². The zero-order valence-electron chi connectivity index (χ0n) is 8.56. The molecule has 0 N–H and O–H groups in total. The van der Waals surface area contributed by atoms with E-state index in [1.807, 2.05) is 30.3 Å². The molecule has 1 heterocycles. The third-order valence-electron chi connectivity index (χ3n) is 2.45. The summed E-state index contributed by atoms with van der Waals surface area (Å²) in [5.74, 6) is 0. The van der Waals surface area contributed by atoms with Gasteiger partial charge in [0.05, 0.1) is 6.61 Å². The molecule has 1 aromatic carbocycles. The molecule has 0 radical (unpaired) electrons. The first-order valence-corrected chi connectivity index (χ1v) is 6.62. The van der Waals surface area contributed by atoms with Crippen LogP contribution in [0.3, 0.4) is 0 Å². The van der Waals surface area contributed by atoms with Crippen molar-refractivity contribution in [2.45, 2.75) is 13.8 Å². The van der Waals surface area contributed by atoms with Crippen LogP contribution in [-0.2, 0) is 9.09 Å². The zero-order valence-corrected chi connectivity index (χ0v) is 9.46. The van der Waals surface area contributed by atoms with Gasteiger partial charge < -0.3 is 4.52 Å². The number of benzene rings is 1. The average Bonchev–Trinajstić information content (AvgIpc) is 2.44. The minimum Gasteiger partial charge on any atom is -0.325 e. The Balaban J connectivity index is 2.33. The van der Waals surface area contributed by atoms with E-state index in [9.17, 15) is 4.57 Å². The molecule has 0 bridgehead atoms. The Morgan fingerprint density at radius 2 is 1.93 bits per heavy atom. The van der Waals surface area contributed by atoms with Gasteiger partial charge in [0, 0.05) is 11.5 Å². The molecule has 2 nitrogen and oxygen atoms in total. The Kier molecular flexibility index (Phi) is 2.29. The molecule has 2 rings (SSSR count). The molecule has 0 aromatic heterocycles. The molecule has 1 saturated heterocycles. The lowest BCUT2D eigenvalue weighted by Crippen LogP contribution is -2.14. The molecule has 0 aliphatic carbocycles. The Morgan fingerprint density at radius 1 is 1.29 bits per heavy atom. The lowest BCUT2D eigenvalue weighted by molar-refractivity contribution is 0.256. The van der Waals surface area contributed by atoms with Gasteiger partial charge in [-0.05, 0) is 17.5 Å². The van der Waals surface area contributed by atoms with Gasteiger partial charge in [-0.3, -0.25) is 4.57 Å². The molecule has 76 valence electrons. The lowest BCUT2D eigenvalue weighted by Gasteiger charge is -2.13. The van der Waals surface area contributed by atoms with Crippen LogP contribution in [0.4, 0.5) is 0 Å². The maximum atomic E-state index is 12.4. The molecular formula is C11H15O2P. The first-order valence-electron chi connectivity index (χ1n) is 4.81. The molecule has 1 fully saturated rings. The van der Waals surface area contributed by atoms with Crippen LogP contribution >= 0.6 is 7.37 Å². The second-order valence-electron chi connectivity index (χ2n) is 4.60. The van der Waals surface area contributed by atoms with Gasteiger partial charge in [0.25, 0.3) is 0 Å². The van der Waals surface area contributed by atoms with Gasteiger partial charge in [0.2, 0.25) is 7.37 Å². The van der Waals surface area contributed by atoms with E-state index in [1.165, 1.54) is 0 Å². The van der Waals surface area contributed by atoms with Crippen LogP contribution in [0.25, 0.3) is 0 Å². The summed E-state index contributed by atoms with van der Waals surface area (Å²) in [5, 5.41) is 0.852. The number of hydrogen-bond acceptors (Lipinski definition) is 2. The lowest BCUT2D eigenvalue weighted by atomic mass is 9.99. The highest BCUT2D eigenvalue weighted by molar-refractivity contribution is 7.67. The van der Waals surface area contributed by atoms with Gasteiger partial charge in [-0.2, -0.15) is 0 Å². The second kappa shape index (κ2) is 3.22. The Labute approximate surface area is 84.7 Å². The van der Waals surface area contributed by atoms with Crippen LogP contribution < -0.4 is 5.30 Å². The molecule has 1 aliphatic heterocycles. The summed E-state index contributed by atoms with van der Waals surface area (Å²) >= 11 is 0. The van der Waals surface area contributed by atoms with E-state index in [2.05, 4.69) is 13.8 Å². The van der Waals surface area contributed by atoms with Crippen molar-refractivity contribution in [1.82, 2.24) is 0 Å². The minimum absolute atomic E-state index is 0.0470. The summed E-state index contributed by atoms with van der Waals surface area (Å²) in [6, 6.07) is 9.52. The Bertz CT molecular complexity index is 370. The van der Waals surface area contributed by atoms with Crippen molar-refractivity contribution < 1.29 is 9.09 Å². The van der Waals surface area contributed by atoms with Crippen molar-refractivity contribution in [3.05, 3.63) is 30.3 Å². The maximum absolute atomic E-state index is 12.4. The first kappa shape index (κ1) is 9.95. The van der Waals surface area contributed by atoms with Gasteiger partial charge in [-0.1, -0.05) is 32.0 Å². The monoisotopic (exact) mass is 210 g/mol. The van der Waals surface area contributed by atoms with Gasteiger partial charge in [0.1, 0.15) is 0 Å². The summed E-state index contributed by atoms with van der Waals surface area (Å²) in [7, 11) is -2.54. The van der Waals surface area contributed by atoms with Gasteiger partial charge in [-0.15, -0.1) is 0 Å². The zero-order chi connectivity index (χ0) is 10.2. The van der Waals surface area contributed by atoms with E-state index >= 15 is 0 Å². The van der Waals surface area contributed by atoms with Crippen LogP contribution in [0.1, 0.15) is 13.8 Å². The third-order valence-corrected chi connectivity index (χ3v) is 5.35. The highest BCUT2D eigenvalue weighted by Gasteiger charge is 2.41. The molecule has 1 atom stereocenters. The summed E-state index contributed by atoms with van der Waals surface area (Å²) in [6.45, 7) is 4.78. The smallest absolute Gasteiger partial charge is 0.232 e. The molecule has 3 heteroatoms. The second-order valence-corrected chi connectivity index (χ2v) is 7.04. The van der Waals surface area contributed by atoms with Crippen LogP contribution in [0.2, 0.25) is 0 Å². The quantitative estimate of drug-likeness (QED) is 0.666. The summed E-state index contributed by atoms with van der Waals surface area (Å²) in [5.41, 5.74) is 0.0470. The minimum atomic E-state index is -2.54. The summed E-state index contributed by atoms with van der Waals surface area (Å²) in [6.07, 6.45) is 0.657. The molecule has 0 amide bonds. The SMILES string of the molecule is CC1(C)COP(=O)(c2ccccc2)C1. The van der Waals surface area contributed by atoms with Crippen molar-refractivity contribution in [2.75, 3.05) is 12.8 Å². The van der Waals surface area contributed by atoms with Crippen molar-refractivity contribution in [2.24, 2.45) is 5.41 Å². The van der Waals surface area contributed by atoms with Gasteiger partial charge in [-0.25, -0.2) is 0 Å². The van der Waals surface area contributed by atoms with Crippen molar-refractivity contribution in [3.8, 4) is 0 Å². The molecule has 1 aromatic rings. The molecule has 0 saturated carbocycles. The normalized spacial score (nSPS) is 30.4. The number of rotatable bonds is 1. The van der Waals surface area contributed by atoms with E-state index in [0.29, 0.717) is 12.8 Å². The number of hydrogen-bond donors (Lipinski definition) is 0. The van der Waals surface area contributed by atoms with Gasteiger partial charge in [0.15, 0.2) is 0 Å². The molecule has 0 spiro atoms. The highest BCUT2D eigenvalue weighted by Crippen LogP contribution is 2.56. The predicted molar refractivity (Wildman–Crippen MR) is 58.3 cm³/mol. The standard InChI is InChI=1S/C11H15O2P/c1-11(2)8-13-14(12,9-11)10-6-4-3-5-7-10/h3-7H,8-9H2,1-2H3. The van der Waals surface area contributed by atoms with E-state index in [0.717, 1.165) is 5.30 Å². The van der Waals surface area contributed by atoms with Crippen LogP contribution in [0.15, 0.2) is 30.3 Å². The topological polar surface area (TPSA) is 26.3 Å². The largest absolute Gasteiger partial charge is 0.325 e. The predicted octanol–water partition coefficient (Wildman–Crippen LogP) is 2.65. The van der Waals surface area contributed by atoms with Gasteiger partial charge >= 0.3 is 0 Å². The van der Waals surface area contributed by atoms with Crippen LogP contribution in [0.5, 0.6) is 0 Å². The highest BCUT2D eigenvalue weighted by atomic mass is 31.2. The van der Waals surface area contributed by atoms with Crippen molar-refractivity contribution in [3.63, 3.8) is 0 Å². The summed E-state index contributed by atoms with van der Waals surface area (Å²) in [4.78, 5) is 0. The van der Waals surface area contributed by atoms with E-state index < -0.39 is 7.37 Å². The van der Waals surface area contributed by atoms with E-state index in [1.54, 1.807) is 0 Å². The van der Waals surface area contributed by atoms with Crippen LogP contribution in [0, 0.1) is 5.41 Å². The van der Waals surface area contributed by atoms with Crippen molar-refractivity contribution in [1.29, 1.82) is 0 Å². The summed E-state index contributed by atoms with van der Waals surface area (Å²) < 4.78 is 17.9. The Morgan fingerprint density at radius 3 is 2.43 bits per heavy atom. The first-order chi connectivity index (χ1) is 6.52. The average molecular weight is 210 g/mol. The van der Waals surface area contributed by atoms with Crippen molar-refractivity contribution >= 4 is 12.7 Å². The fourth-order valence-corrected chi connectivity index (χ4v) is 4.58.